The molecule has 4 aromatic rings. The number of carbonyl (C=O) groups excluding carboxylic acids is 1. The van der Waals surface area contributed by atoms with Crippen LogP contribution < -0.4 is 16.0 Å². The lowest BCUT2D eigenvalue weighted by Gasteiger charge is -2.17. The number of halogens is 1. The number of rotatable bonds is 8. The Morgan fingerprint density at radius 2 is 2.11 bits per heavy atom. The van der Waals surface area contributed by atoms with E-state index in [9.17, 15) is 19.8 Å². The highest BCUT2D eigenvalue weighted by atomic mass is 35.5. The number of nitrogens with zero attached hydrogens (tertiary/aromatic N) is 7. The second-order valence-corrected chi connectivity index (χ2v) is 8.09. The standard InChI is InChI=1S/C20H22ClN9O5/c1-28(20(33)34)14-5-16(21)26-30-15(6-23-18(14)30)19(32)24-11(7-31)9-35-8-10-3-12(22)17-13(4-10)29(2)27-25-17/h3-6,11,31H,7-9,22H2,1-2H3,(H,24,32)(H,33,34)/t11-/m1/s1. The van der Waals surface area contributed by atoms with E-state index in [0.717, 1.165) is 20.5 Å². The molecule has 0 fully saturated rings. The van der Waals surface area contributed by atoms with Crippen LogP contribution >= 0.6 is 11.6 Å². The SMILES string of the molecule is CN(C(=O)O)c1cc(Cl)nn2c(C(=O)N[C@H](CO)COCc3cc(N)c4nnn(C)c4c3)cnc12. The van der Waals surface area contributed by atoms with Gasteiger partial charge in [-0.1, -0.05) is 16.8 Å². The first-order valence-corrected chi connectivity index (χ1v) is 10.7. The van der Waals surface area contributed by atoms with Crippen LogP contribution in [0.15, 0.2) is 24.4 Å². The van der Waals surface area contributed by atoms with Gasteiger partial charge < -0.3 is 26.0 Å². The van der Waals surface area contributed by atoms with Gasteiger partial charge in [-0.2, -0.15) is 5.10 Å². The second-order valence-electron chi connectivity index (χ2n) is 7.71. The molecule has 1 aromatic carbocycles. The predicted octanol–water partition coefficient (Wildman–Crippen LogP) is 0.668. The number of aliphatic hydroxyl groups is 1. The summed E-state index contributed by atoms with van der Waals surface area (Å²) in [5, 5.41) is 33.6. The van der Waals surface area contributed by atoms with Gasteiger partial charge in [0.1, 0.15) is 5.52 Å². The van der Waals surface area contributed by atoms with Crippen molar-refractivity contribution in [3.8, 4) is 0 Å². The van der Waals surface area contributed by atoms with Crippen LogP contribution in [0.3, 0.4) is 0 Å². The Morgan fingerprint density at radius 3 is 2.83 bits per heavy atom. The third-order valence-electron chi connectivity index (χ3n) is 5.25. The maximum absolute atomic E-state index is 12.9. The van der Waals surface area contributed by atoms with Crippen LogP contribution in [0.5, 0.6) is 0 Å². The van der Waals surface area contributed by atoms with E-state index >= 15 is 0 Å². The molecule has 0 bridgehead atoms. The first kappa shape index (κ1) is 24.1. The van der Waals surface area contributed by atoms with Gasteiger partial charge in [0.15, 0.2) is 16.5 Å². The molecule has 0 aliphatic heterocycles. The van der Waals surface area contributed by atoms with E-state index in [1.165, 1.54) is 19.3 Å². The van der Waals surface area contributed by atoms with Crippen LogP contribution in [0, 0.1) is 0 Å². The average molecular weight is 504 g/mol. The van der Waals surface area contributed by atoms with Gasteiger partial charge >= 0.3 is 6.09 Å². The van der Waals surface area contributed by atoms with Gasteiger partial charge in [0.25, 0.3) is 5.91 Å². The number of aliphatic hydroxyl groups excluding tert-OH is 1. The molecule has 1 atom stereocenters. The minimum atomic E-state index is -1.23. The summed E-state index contributed by atoms with van der Waals surface area (Å²) < 4.78 is 8.42. The molecule has 0 aliphatic carbocycles. The Bertz CT molecular complexity index is 1420. The summed E-state index contributed by atoms with van der Waals surface area (Å²) in [5.41, 5.74) is 8.89. The lowest BCUT2D eigenvalue weighted by molar-refractivity contribution is 0.0671. The summed E-state index contributed by atoms with van der Waals surface area (Å²) in [7, 11) is 3.07. The molecule has 3 heterocycles. The first-order chi connectivity index (χ1) is 16.7. The van der Waals surface area contributed by atoms with Gasteiger partial charge in [0.05, 0.1) is 49.0 Å². The maximum atomic E-state index is 12.9. The van der Waals surface area contributed by atoms with Crippen molar-refractivity contribution in [3.05, 3.63) is 40.8 Å². The van der Waals surface area contributed by atoms with E-state index in [1.54, 1.807) is 17.8 Å². The van der Waals surface area contributed by atoms with E-state index < -0.39 is 24.6 Å². The largest absolute Gasteiger partial charge is 0.465 e. The van der Waals surface area contributed by atoms with Crippen molar-refractivity contribution in [1.29, 1.82) is 0 Å². The van der Waals surface area contributed by atoms with Gasteiger partial charge in [-0.25, -0.2) is 19.0 Å². The summed E-state index contributed by atoms with van der Waals surface area (Å²) in [6.45, 7) is -0.215. The molecule has 35 heavy (non-hydrogen) atoms. The summed E-state index contributed by atoms with van der Waals surface area (Å²) in [6, 6.07) is 4.16. The van der Waals surface area contributed by atoms with Crippen molar-refractivity contribution in [2.24, 2.45) is 7.05 Å². The molecule has 0 aliphatic rings. The van der Waals surface area contributed by atoms with Crippen molar-refractivity contribution in [2.45, 2.75) is 12.6 Å². The molecule has 5 N–H and O–H groups in total. The van der Waals surface area contributed by atoms with Crippen LogP contribution in [-0.4, -0.2) is 78.1 Å². The highest BCUT2D eigenvalue weighted by molar-refractivity contribution is 6.29. The van der Waals surface area contributed by atoms with Crippen LogP contribution in [0.1, 0.15) is 16.1 Å². The smallest absolute Gasteiger partial charge is 0.411 e. The number of imidazole rings is 1. The number of fused-ring (bicyclic) bond motifs is 2. The van der Waals surface area contributed by atoms with E-state index in [-0.39, 0.29) is 35.4 Å². The number of carbonyl (C=O) groups is 2. The fraction of sp³-hybridized carbons (Fsp3) is 0.300. The number of aromatic nitrogens is 6. The van der Waals surface area contributed by atoms with Crippen molar-refractivity contribution in [2.75, 3.05) is 30.9 Å². The topological polar surface area (TPSA) is 186 Å². The Kier molecular flexibility index (Phi) is 6.68. The molecule has 14 nitrogen and oxygen atoms in total. The third kappa shape index (κ3) is 4.80. The minimum Gasteiger partial charge on any atom is -0.465 e. The molecule has 0 radical (unpaired) electrons. The average Bonchev–Trinajstić information content (AvgIpc) is 3.41. The number of hydrogen-bond acceptors (Lipinski definition) is 9. The Hall–Kier alpha value is -4.01. The monoisotopic (exact) mass is 503 g/mol. The molecule has 3 aromatic heterocycles. The Labute approximate surface area is 202 Å². The number of hydrogen-bond donors (Lipinski definition) is 4. The number of nitrogens with one attached hydrogen (secondary N) is 1. The molecule has 15 heteroatoms. The van der Waals surface area contributed by atoms with Crippen molar-refractivity contribution < 1.29 is 24.5 Å². The number of amides is 2. The highest BCUT2D eigenvalue weighted by Gasteiger charge is 2.22. The maximum Gasteiger partial charge on any atom is 0.411 e. The van der Waals surface area contributed by atoms with Gasteiger partial charge in [-0.15, -0.1) is 5.10 Å². The molecule has 0 unspecified atom stereocenters. The zero-order valence-corrected chi connectivity index (χ0v) is 19.5. The Balaban J connectivity index is 1.45. The highest BCUT2D eigenvalue weighted by Crippen LogP contribution is 2.24. The summed E-state index contributed by atoms with van der Waals surface area (Å²) >= 11 is 6.03. The van der Waals surface area contributed by atoms with E-state index in [1.807, 2.05) is 6.07 Å². The number of ether oxygens (including phenoxy) is 1. The molecule has 4 rings (SSSR count). The number of carboxylic acid groups (broad SMARTS) is 1. The van der Waals surface area contributed by atoms with Crippen LogP contribution in [0.25, 0.3) is 16.7 Å². The fourth-order valence-electron chi connectivity index (χ4n) is 3.45. The third-order valence-corrected chi connectivity index (χ3v) is 5.43. The zero-order valence-electron chi connectivity index (χ0n) is 18.7. The zero-order chi connectivity index (χ0) is 25.3. The van der Waals surface area contributed by atoms with Crippen LogP contribution in [0.4, 0.5) is 16.2 Å². The quantitative estimate of drug-likeness (QED) is 0.249. The molecule has 2 amide bonds. The number of anilines is 2. The van der Waals surface area contributed by atoms with Gasteiger partial charge in [-0.05, 0) is 17.7 Å². The summed E-state index contributed by atoms with van der Waals surface area (Å²) in [6.07, 6.45) is 0.00352. The van der Waals surface area contributed by atoms with Gasteiger partial charge in [0.2, 0.25) is 0 Å². The van der Waals surface area contributed by atoms with Crippen LogP contribution in [0.2, 0.25) is 5.15 Å². The molecule has 0 spiro atoms. The predicted molar refractivity (Wildman–Crippen MR) is 125 cm³/mol. The van der Waals surface area contributed by atoms with Gasteiger partial charge in [0, 0.05) is 20.2 Å². The van der Waals surface area contributed by atoms with E-state index in [2.05, 4.69) is 25.7 Å². The first-order valence-electron chi connectivity index (χ1n) is 10.3. The second kappa shape index (κ2) is 9.69. The summed E-state index contributed by atoms with van der Waals surface area (Å²) in [4.78, 5) is 29.2. The normalized spacial score (nSPS) is 12.2. The fourth-order valence-corrected chi connectivity index (χ4v) is 3.63. The van der Waals surface area contributed by atoms with E-state index in [0.29, 0.717) is 11.2 Å². The van der Waals surface area contributed by atoms with E-state index in [4.69, 9.17) is 22.1 Å². The molecular weight excluding hydrogens is 482 g/mol. The molecule has 0 saturated carbocycles. The molecule has 184 valence electrons. The van der Waals surface area contributed by atoms with Crippen LogP contribution in [-0.2, 0) is 18.4 Å². The number of nitrogen functional groups attached to an aromatic ring is 1. The Morgan fingerprint density at radius 1 is 1.34 bits per heavy atom. The number of nitrogens with two attached hydrogens (primary N) is 1. The van der Waals surface area contributed by atoms with Crippen molar-refractivity contribution in [1.82, 2.24) is 34.9 Å². The number of benzene rings is 1. The van der Waals surface area contributed by atoms with Crippen molar-refractivity contribution in [3.63, 3.8) is 0 Å². The molecular formula is C20H22ClN9O5. The van der Waals surface area contributed by atoms with Crippen molar-refractivity contribution >= 4 is 51.7 Å². The number of aryl methyl sites for hydroxylation is 1. The lowest BCUT2D eigenvalue weighted by Crippen LogP contribution is -2.41. The lowest BCUT2D eigenvalue weighted by atomic mass is 10.2. The molecule has 0 saturated heterocycles. The van der Waals surface area contributed by atoms with Gasteiger partial charge in [-0.3, -0.25) is 9.69 Å². The summed E-state index contributed by atoms with van der Waals surface area (Å²) in [5.74, 6) is -0.606. The minimum absolute atomic E-state index is 0.00173.